The number of carbonyl (C=O) groups excluding carboxylic acids is 2. The standard InChI is InChI=1S/C20H22N4O2S2/c1-12-10-17(13(2)28-12)18-11-27-20(24(18)9-8-22-14(3)25)23-16-6-4-15(5-7-16)19(21)26/h4-7,10-11H,8-9H2,1-3H3,(H2,21,26)(H,22,25). The average Bonchev–Trinajstić information content (AvgIpc) is 3.17. The van der Waals surface area contributed by atoms with Gasteiger partial charge in [0, 0.05) is 46.3 Å². The van der Waals surface area contributed by atoms with Crippen molar-refractivity contribution in [2.45, 2.75) is 27.3 Å². The van der Waals surface area contributed by atoms with Gasteiger partial charge in [0.25, 0.3) is 0 Å². The van der Waals surface area contributed by atoms with E-state index in [1.54, 1.807) is 46.9 Å². The summed E-state index contributed by atoms with van der Waals surface area (Å²) in [7, 11) is 0. The van der Waals surface area contributed by atoms with Crippen LogP contribution in [0.2, 0.25) is 0 Å². The minimum absolute atomic E-state index is 0.0551. The van der Waals surface area contributed by atoms with Gasteiger partial charge in [0.15, 0.2) is 4.80 Å². The molecule has 0 aliphatic rings. The first-order valence-corrected chi connectivity index (χ1v) is 10.5. The van der Waals surface area contributed by atoms with Crippen LogP contribution < -0.4 is 15.9 Å². The van der Waals surface area contributed by atoms with Crippen molar-refractivity contribution < 1.29 is 9.59 Å². The quantitative estimate of drug-likeness (QED) is 0.648. The summed E-state index contributed by atoms with van der Waals surface area (Å²) < 4.78 is 2.12. The topological polar surface area (TPSA) is 89.5 Å². The van der Waals surface area contributed by atoms with Crippen LogP contribution >= 0.6 is 22.7 Å². The number of primary amides is 1. The molecule has 1 aromatic carbocycles. The van der Waals surface area contributed by atoms with E-state index in [0.29, 0.717) is 18.7 Å². The predicted octanol–water partition coefficient (Wildman–Crippen LogP) is 3.36. The number of thiophene rings is 1. The summed E-state index contributed by atoms with van der Waals surface area (Å²) in [6, 6.07) is 9.07. The molecule has 0 fully saturated rings. The number of nitrogens with two attached hydrogens (primary N) is 1. The molecule has 6 nitrogen and oxygen atoms in total. The van der Waals surface area contributed by atoms with Gasteiger partial charge in [0.2, 0.25) is 11.8 Å². The molecular formula is C20H22N4O2S2. The molecule has 3 rings (SSSR count). The van der Waals surface area contributed by atoms with Gasteiger partial charge in [0.05, 0.1) is 11.4 Å². The smallest absolute Gasteiger partial charge is 0.248 e. The molecular weight excluding hydrogens is 392 g/mol. The van der Waals surface area contributed by atoms with Crippen molar-refractivity contribution in [2.24, 2.45) is 10.7 Å². The molecule has 0 unspecified atom stereocenters. The third kappa shape index (κ3) is 4.58. The van der Waals surface area contributed by atoms with E-state index < -0.39 is 5.91 Å². The summed E-state index contributed by atoms with van der Waals surface area (Å²) in [5.41, 5.74) is 8.77. The molecule has 0 radical (unpaired) electrons. The molecule has 0 spiro atoms. The number of carbonyl (C=O) groups is 2. The Kier molecular flexibility index (Phi) is 6.11. The number of aryl methyl sites for hydroxylation is 2. The Labute approximate surface area is 171 Å². The van der Waals surface area contributed by atoms with Crippen molar-refractivity contribution in [3.05, 3.63) is 55.8 Å². The highest BCUT2D eigenvalue weighted by Gasteiger charge is 2.13. The second-order valence-corrected chi connectivity index (χ2v) is 8.68. The van der Waals surface area contributed by atoms with Gasteiger partial charge in [-0.1, -0.05) is 0 Å². The SMILES string of the molecule is CC(=O)NCCn1c(-c2cc(C)sc2C)csc1=Nc1ccc(C(N)=O)cc1. The third-order valence-corrected chi connectivity index (χ3v) is 6.03. The van der Waals surface area contributed by atoms with E-state index in [4.69, 9.17) is 10.7 Å². The number of nitrogens with one attached hydrogen (secondary N) is 1. The van der Waals surface area contributed by atoms with Crippen LogP contribution in [0.4, 0.5) is 5.69 Å². The predicted molar refractivity (Wildman–Crippen MR) is 114 cm³/mol. The molecule has 2 amide bonds. The zero-order valence-corrected chi connectivity index (χ0v) is 17.6. The van der Waals surface area contributed by atoms with Gasteiger partial charge in [-0.2, -0.15) is 0 Å². The molecule has 146 valence electrons. The van der Waals surface area contributed by atoms with Crippen molar-refractivity contribution in [1.82, 2.24) is 9.88 Å². The molecule has 3 N–H and O–H groups in total. The highest BCUT2D eigenvalue weighted by Crippen LogP contribution is 2.31. The van der Waals surface area contributed by atoms with Crippen LogP contribution in [0.1, 0.15) is 27.0 Å². The van der Waals surface area contributed by atoms with Crippen LogP contribution in [0.3, 0.4) is 0 Å². The Morgan fingerprint density at radius 1 is 1.21 bits per heavy atom. The molecule has 0 bridgehead atoms. The summed E-state index contributed by atoms with van der Waals surface area (Å²) >= 11 is 3.32. The van der Waals surface area contributed by atoms with E-state index in [0.717, 1.165) is 16.2 Å². The lowest BCUT2D eigenvalue weighted by molar-refractivity contribution is -0.118. The lowest BCUT2D eigenvalue weighted by Crippen LogP contribution is -2.28. The second kappa shape index (κ2) is 8.53. The van der Waals surface area contributed by atoms with Crippen molar-refractivity contribution in [3.63, 3.8) is 0 Å². The fourth-order valence-electron chi connectivity index (χ4n) is 2.89. The summed E-state index contributed by atoms with van der Waals surface area (Å²) in [4.78, 5) is 30.6. The molecule has 2 heterocycles. The number of hydrogen-bond acceptors (Lipinski definition) is 5. The van der Waals surface area contributed by atoms with Gasteiger partial charge in [-0.05, 0) is 44.2 Å². The van der Waals surface area contributed by atoms with E-state index >= 15 is 0 Å². The molecule has 8 heteroatoms. The first-order valence-electron chi connectivity index (χ1n) is 8.80. The van der Waals surface area contributed by atoms with E-state index in [9.17, 15) is 9.59 Å². The number of aromatic nitrogens is 1. The molecule has 3 aromatic rings. The first-order chi connectivity index (χ1) is 13.3. The van der Waals surface area contributed by atoms with Gasteiger partial charge in [-0.25, -0.2) is 4.99 Å². The van der Waals surface area contributed by atoms with Gasteiger partial charge < -0.3 is 15.6 Å². The third-order valence-electron chi connectivity index (χ3n) is 4.20. The van der Waals surface area contributed by atoms with Gasteiger partial charge in [-0.15, -0.1) is 22.7 Å². The number of thiazole rings is 1. The Hall–Kier alpha value is -2.71. The van der Waals surface area contributed by atoms with Crippen molar-refractivity contribution in [1.29, 1.82) is 0 Å². The maximum Gasteiger partial charge on any atom is 0.248 e. The Balaban J connectivity index is 2.03. The van der Waals surface area contributed by atoms with Crippen LogP contribution in [-0.4, -0.2) is 22.9 Å². The molecule has 0 saturated carbocycles. The number of benzene rings is 1. The zero-order chi connectivity index (χ0) is 20.3. The summed E-state index contributed by atoms with van der Waals surface area (Å²) in [5, 5.41) is 4.94. The van der Waals surface area contributed by atoms with E-state index in [1.807, 2.05) is 0 Å². The second-order valence-electron chi connectivity index (χ2n) is 6.39. The molecule has 0 atom stereocenters. The van der Waals surface area contributed by atoms with Crippen LogP contribution in [0, 0.1) is 13.8 Å². The normalized spacial score (nSPS) is 11.6. The van der Waals surface area contributed by atoms with Gasteiger partial charge in [0.1, 0.15) is 0 Å². The number of rotatable bonds is 6. The first kappa shape index (κ1) is 20.0. The van der Waals surface area contributed by atoms with E-state index in [1.165, 1.54) is 22.2 Å². The average molecular weight is 415 g/mol. The number of hydrogen-bond donors (Lipinski definition) is 2. The van der Waals surface area contributed by atoms with Gasteiger partial charge >= 0.3 is 0 Å². The minimum atomic E-state index is -0.460. The fourth-order valence-corrected chi connectivity index (χ4v) is 4.77. The van der Waals surface area contributed by atoms with Crippen molar-refractivity contribution >= 4 is 40.2 Å². The molecule has 28 heavy (non-hydrogen) atoms. The Bertz CT molecular complexity index is 1070. The summed E-state index contributed by atoms with van der Waals surface area (Å²) in [5.74, 6) is -0.515. The summed E-state index contributed by atoms with van der Waals surface area (Å²) in [6.07, 6.45) is 0. The molecule has 0 aliphatic heterocycles. The molecule has 2 aromatic heterocycles. The van der Waals surface area contributed by atoms with Crippen LogP contribution in [0.5, 0.6) is 0 Å². The lowest BCUT2D eigenvalue weighted by atomic mass is 10.2. The maximum absolute atomic E-state index is 11.3. The minimum Gasteiger partial charge on any atom is -0.366 e. The van der Waals surface area contributed by atoms with Gasteiger partial charge in [-0.3, -0.25) is 9.59 Å². The number of nitrogens with zero attached hydrogens (tertiary/aromatic N) is 2. The van der Waals surface area contributed by atoms with Crippen molar-refractivity contribution in [3.8, 4) is 11.3 Å². The highest BCUT2D eigenvalue weighted by molar-refractivity contribution is 7.12. The molecule has 0 saturated heterocycles. The highest BCUT2D eigenvalue weighted by atomic mass is 32.1. The maximum atomic E-state index is 11.3. The Morgan fingerprint density at radius 2 is 1.93 bits per heavy atom. The zero-order valence-electron chi connectivity index (χ0n) is 16.0. The monoisotopic (exact) mass is 414 g/mol. The van der Waals surface area contributed by atoms with Crippen LogP contribution in [0.25, 0.3) is 11.3 Å². The van der Waals surface area contributed by atoms with E-state index in [-0.39, 0.29) is 5.91 Å². The van der Waals surface area contributed by atoms with E-state index in [2.05, 4.69) is 35.2 Å². The fraction of sp³-hybridized carbons (Fsp3) is 0.250. The van der Waals surface area contributed by atoms with Crippen LogP contribution in [0.15, 0.2) is 40.7 Å². The summed E-state index contributed by atoms with van der Waals surface area (Å²) in [6.45, 7) is 6.86. The number of amides is 2. The molecule has 0 aliphatic carbocycles. The Morgan fingerprint density at radius 3 is 2.50 bits per heavy atom. The lowest BCUT2D eigenvalue weighted by Gasteiger charge is -2.09. The van der Waals surface area contributed by atoms with Crippen molar-refractivity contribution in [2.75, 3.05) is 6.54 Å². The largest absolute Gasteiger partial charge is 0.366 e. The van der Waals surface area contributed by atoms with Crippen LogP contribution in [-0.2, 0) is 11.3 Å².